The lowest BCUT2D eigenvalue weighted by molar-refractivity contribution is -0.0933. The molecule has 7 heteroatoms. The molecule has 0 spiro atoms. The van der Waals surface area contributed by atoms with Gasteiger partial charge in [0.15, 0.2) is 9.84 Å². The van der Waals surface area contributed by atoms with Crippen LogP contribution in [0.1, 0.15) is 111 Å². The molecule has 0 radical (unpaired) electrons. The summed E-state index contributed by atoms with van der Waals surface area (Å²) in [6.07, 6.45) is 14.6. The van der Waals surface area contributed by atoms with E-state index in [1.165, 1.54) is 12.8 Å². The largest absolute Gasteiger partial charge is 0.381 e. The Kier molecular flexibility index (Phi) is 11.2. The van der Waals surface area contributed by atoms with Gasteiger partial charge in [0.25, 0.3) is 0 Å². The van der Waals surface area contributed by atoms with E-state index in [1.807, 2.05) is 7.11 Å². The molecule has 0 aromatic rings. The second-order valence-electron chi connectivity index (χ2n) is 14.0. The van der Waals surface area contributed by atoms with Crippen LogP contribution in [-0.2, 0) is 19.3 Å². The second-order valence-corrected chi connectivity index (χ2v) is 17.1. The van der Waals surface area contributed by atoms with Gasteiger partial charge in [0.2, 0.25) is 0 Å². The van der Waals surface area contributed by atoms with Crippen molar-refractivity contribution in [3.63, 3.8) is 0 Å². The Balaban J connectivity index is 1.28. The minimum Gasteiger partial charge on any atom is -0.381 e. The summed E-state index contributed by atoms with van der Waals surface area (Å²) < 4.78 is 39.1. The summed E-state index contributed by atoms with van der Waals surface area (Å²) in [6, 6.07) is 0. The standard InChI is InChI=1S/C31H54Cl2O4S/c1-21-5-11-27(12-6-21)38(34,35)28-13-9-26(10-14-28)37-30-16-8-25(18-23(30)20-33)31(2,3)24-7-15-29(36-4)22(17-24)19-32/h21-30H,5-20H2,1-4H3. The number of halogens is 2. The first-order chi connectivity index (χ1) is 18.1. The van der Waals surface area contributed by atoms with Crippen molar-refractivity contribution >= 4 is 33.0 Å². The minimum absolute atomic E-state index is 0.107. The highest BCUT2D eigenvalue weighted by Gasteiger charge is 2.46. The fourth-order valence-electron chi connectivity index (χ4n) is 8.55. The van der Waals surface area contributed by atoms with E-state index in [-0.39, 0.29) is 28.1 Å². The molecule has 0 saturated heterocycles. The fourth-order valence-corrected chi connectivity index (χ4v) is 11.6. The highest BCUT2D eigenvalue weighted by Crippen LogP contribution is 2.51. The number of ether oxygens (including phenoxy) is 2. The van der Waals surface area contributed by atoms with E-state index in [1.54, 1.807) is 0 Å². The van der Waals surface area contributed by atoms with Crippen LogP contribution in [0.15, 0.2) is 0 Å². The molecule has 0 bridgehead atoms. The molecule has 38 heavy (non-hydrogen) atoms. The Hall–Kier alpha value is 0.450. The van der Waals surface area contributed by atoms with Gasteiger partial charge in [-0.2, -0.15) is 0 Å². The number of hydrogen-bond donors (Lipinski definition) is 0. The molecule has 4 fully saturated rings. The van der Waals surface area contributed by atoms with Gasteiger partial charge in [-0.1, -0.05) is 20.8 Å². The maximum absolute atomic E-state index is 13.3. The monoisotopic (exact) mass is 592 g/mol. The Morgan fingerprint density at radius 1 is 0.711 bits per heavy atom. The summed E-state index contributed by atoms with van der Waals surface area (Å²) in [6.45, 7) is 7.20. The van der Waals surface area contributed by atoms with Crippen LogP contribution in [0, 0.1) is 35.0 Å². The Morgan fingerprint density at radius 3 is 1.68 bits per heavy atom. The van der Waals surface area contributed by atoms with Crippen LogP contribution in [0.3, 0.4) is 0 Å². The number of methoxy groups -OCH3 is 1. The smallest absolute Gasteiger partial charge is 0.156 e. The van der Waals surface area contributed by atoms with Crippen LogP contribution < -0.4 is 0 Å². The Morgan fingerprint density at radius 2 is 1.18 bits per heavy atom. The SMILES string of the molecule is COC1CCC(C(C)(C)C2CCC(OC3CCC(S(=O)(=O)C4CCC(C)CC4)CC3)C(CCl)C2)CC1CCl. The minimum atomic E-state index is -3.02. The molecule has 6 unspecified atom stereocenters. The number of alkyl halides is 2. The van der Waals surface area contributed by atoms with Crippen LogP contribution >= 0.6 is 23.2 Å². The zero-order valence-corrected chi connectivity index (χ0v) is 26.7. The van der Waals surface area contributed by atoms with E-state index in [2.05, 4.69) is 20.8 Å². The summed E-state index contributed by atoms with van der Waals surface area (Å²) >= 11 is 12.9. The van der Waals surface area contributed by atoms with Crippen molar-refractivity contribution < 1.29 is 17.9 Å². The number of hydrogen-bond acceptors (Lipinski definition) is 4. The maximum atomic E-state index is 13.3. The summed E-state index contributed by atoms with van der Waals surface area (Å²) in [7, 11) is -1.19. The highest BCUT2D eigenvalue weighted by atomic mass is 35.5. The van der Waals surface area contributed by atoms with Gasteiger partial charge in [0.1, 0.15) is 0 Å². The lowest BCUT2D eigenvalue weighted by atomic mass is 9.58. The first kappa shape index (κ1) is 31.4. The molecule has 0 amide bonds. The molecule has 0 heterocycles. The molecular formula is C31H54Cl2O4S. The van der Waals surface area contributed by atoms with Crippen molar-refractivity contribution in [1.29, 1.82) is 0 Å². The van der Waals surface area contributed by atoms with Crippen LogP contribution in [-0.4, -0.2) is 56.1 Å². The van der Waals surface area contributed by atoms with Gasteiger partial charge in [-0.15, -0.1) is 23.2 Å². The third kappa shape index (κ3) is 7.08. The third-order valence-electron chi connectivity index (χ3n) is 11.5. The molecule has 4 aliphatic rings. The van der Waals surface area contributed by atoms with Crippen molar-refractivity contribution in [3.05, 3.63) is 0 Å². The van der Waals surface area contributed by atoms with Crippen molar-refractivity contribution in [2.24, 2.45) is 35.0 Å². The van der Waals surface area contributed by atoms with E-state index < -0.39 is 9.84 Å². The van der Waals surface area contributed by atoms with Gasteiger partial charge < -0.3 is 9.47 Å². The van der Waals surface area contributed by atoms with Gasteiger partial charge in [-0.25, -0.2) is 8.42 Å². The van der Waals surface area contributed by atoms with Crippen LogP contribution in [0.4, 0.5) is 0 Å². The Bertz CT molecular complexity index is 833. The molecule has 222 valence electrons. The normalized spacial score (nSPS) is 41.6. The van der Waals surface area contributed by atoms with Crippen LogP contribution in [0.2, 0.25) is 0 Å². The zero-order valence-electron chi connectivity index (χ0n) is 24.4. The fraction of sp³-hybridized carbons (Fsp3) is 1.00. The van der Waals surface area contributed by atoms with E-state index in [9.17, 15) is 8.42 Å². The van der Waals surface area contributed by atoms with Gasteiger partial charge >= 0.3 is 0 Å². The molecule has 4 rings (SSSR count). The summed E-state index contributed by atoms with van der Waals surface area (Å²) in [5, 5.41) is -0.268. The van der Waals surface area contributed by atoms with Crippen molar-refractivity contribution in [2.75, 3.05) is 18.9 Å². The molecule has 4 nitrogen and oxygen atoms in total. The first-order valence-corrected chi connectivity index (χ1v) is 18.3. The predicted octanol–water partition coefficient (Wildman–Crippen LogP) is 8.03. The van der Waals surface area contributed by atoms with Crippen molar-refractivity contribution in [3.8, 4) is 0 Å². The first-order valence-electron chi connectivity index (χ1n) is 15.6. The molecule has 0 aliphatic heterocycles. The van der Waals surface area contributed by atoms with Crippen LogP contribution in [0.5, 0.6) is 0 Å². The average Bonchev–Trinajstić information content (AvgIpc) is 2.93. The summed E-state index contributed by atoms with van der Waals surface area (Å²) in [5.74, 6) is 4.13. The average molecular weight is 594 g/mol. The lowest BCUT2D eigenvalue weighted by Crippen LogP contribution is -2.45. The molecule has 4 saturated carbocycles. The van der Waals surface area contributed by atoms with Gasteiger partial charge in [0, 0.05) is 18.9 Å². The maximum Gasteiger partial charge on any atom is 0.156 e. The van der Waals surface area contributed by atoms with E-state index in [0.717, 1.165) is 77.0 Å². The summed E-state index contributed by atoms with van der Waals surface area (Å²) in [5.41, 5.74) is 0.252. The van der Waals surface area contributed by atoms with Crippen molar-refractivity contribution in [1.82, 2.24) is 0 Å². The number of sulfone groups is 1. The zero-order chi connectivity index (χ0) is 27.5. The van der Waals surface area contributed by atoms with E-state index >= 15 is 0 Å². The molecule has 4 aliphatic carbocycles. The molecule has 0 aromatic carbocycles. The van der Waals surface area contributed by atoms with Crippen LogP contribution in [0.25, 0.3) is 0 Å². The number of rotatable bonds is 9. The van der Waals surface area contributed by atoms with Gasteiger partial charge in [-0.05, 0) is 125 Å². The molecule has 0 aromatic heterocycles. The van der Waals surface area contributed by atoms with Gasteiger partial charge in [-0.3, -0.25) is 0 Å². The molecular weight excluding hydrogens is 539 g/mol. The molecule has 6 atom stereocenters. The van der Waals surface area contributed by atoms with E-state index in [0.29, 0.717) is 47.5 Å². The lowest BCUT2D eigenvalue weighted by Gasteiger charge is -2.50. The Labute approximate surface area is 243 Å². The van der Waals surface area contributed by atoms with E-state index in [4.69, 9.17) is 32.7 Å². The predicted molar refractivity (Wildman–Crippen MR) is 159 cm³/mol. The third-order valence-corrected chi connectivity index (χ3v) is 15.1. The highest BCUT2D eigenvalue weighted by molar-refractivity contribution is 7.92. The van der Waals surface area contributed by atoms with Crippen molar-refractivity contribution in [2.45, 2.75) is 139 Å². The quantitative estimate of drug-likeness (QED) is 0.254. The summed E-state index contributed by atoms with van der Waals surface area (Å²) in [4.78, 5) is 0. The molecule has 0 N–H and O–H groups in total. The van der Waals surface area contributed by atoms with Gasteiger partial charge in [0.05, 0.1) is 28.8 Å². The topological polar surface area (TPSA) is 52.6 Å². The second kappa shape index (κ2) is 13.6.